The predicted molar refractivity (Wildman–Crippen MR) is 68.6 cm³/mol. The molecule has 0 saturated carbocycles. The molecule has 17 heavy (non-hydrogen) atoms. The summed E-state index contributed by atoms with van der Waals surface area (Å²) in [6, 6.07) is 1.47. The van der Waals surface area contributed by atoms with Crippen molar-refractivity contribution in [2.45, 2.75) is 57.2 Å². The van der Waals surface area contributed by atoms with Crippen molar-refractivity contribution in [2.75, 3.05) is 13.6 Å². The summed E-state index contributed by atoms with van der Waals surface area (Å²) in [5, 5.41) is 3.03. The van der Waals surface area contributed by atoms with Crippen molar-refractivity contribution in [3.8, 4) is 0 Å². The zero-order chi connectivity index (χ0) is 12.4. The number of rotatable bonds is 4. The highest BCUT2D eigenvalue weighted by atomic mass is 16.1. The van der Waals surface area contributed by atoms with Gasteiger partial charge in [0, 0.05) is 31.1 Å². The lowest BCUT2D eigenvalue weighted by Crippen LogP contribution is -2.43. The second-order valence-electron chi connectivity index (χ2n) is 5.87. The van der Waals surface area contributed by atoms with Gasteiger partial charge >= 0.3 is 0 Å². The lowest BCUT2D eigenvalue weighted by atomic mass is 9.91. The SMILES string of the molecule is CC(N)CC(=O)NCC1CC2CCC(C1)N2C. The second-order valence-corrected chi connectivity index (χ2v) is 5.87. The molecular weight excluding hydrogens is 214 g/mol. The first-order valence-electron chi connectivity index (χ1n) is 6.80. The summed E-state index contributed by atoms with van der Waals surface area (Å²) in [6.45, 7) is 2.71. The van der Waals surface area contributed by atoms with Gasteiger partial charge in [-0.25, -0.2) is 0 Å². The number of piperidine rings is 1. The summed E-state index contributed by atoms with van der Waals surface area (Å²) in [5.41, 5.74) is 5.61. The van der Waals surface area contributed by atoms with Gasteiger partial charge in [0.1, 0.15) is 0 Å². The van der Waals surface area contributed by atoms with Gasteiger partial charge in [-0.05, 0) is 45.6 Å². The van der Waals surface area contributed by atoms with Crippen LogP contribution in [0.15, 0.2) is 0 Å². The first-order chi connectivity index (χ1) is 8.06. The van der Waals surface area contributed by atoms with E-state index in [1.54, 1.807) is 0 Å². The molecule has 0 aromatic heterocycles. The summed E-state index contributed by atoms with van der Waals surface area (Å²) in [6.07, 6.45) is 5.60. The Morgan fingerprint density at radius 1 is 1.41 bits per heavy atom. The van der Waals surface area contributed by atoms with Crippen LogP contribution in [-0.2, 0) is 4.79 Å². The average Bonchev–Trinajstić information content (AvgIpc) is 2.51. The Hall–Kier alpha value is -0.610. The minimum Gasteiger partial charge on any atom is -0.356 e. The molecule has 0 aliphatic carbocycles. The van der Waals surface area contributed by atoms with Gasteiger partial charge < -0.3 is 16.0 Å². The number of nitrogens with zero attached hydrogens (tertiary/aromatic N) is 1. The molecule has 1 amide bonds. The summed E-state index contributed by atoms with van der Waals surface area (Å²) in [4.78, 5) is 14.1. The van der Waals surface area contributed by atoms with E-state index in [1.165, 1.54) is 25.7 Å². The number of nitrogens with one attached hydrogen (secondary N) is 1. The van der Waals surface area contributed by atoms with Gasteiger partial charge in [-0.3, -0.25) is 4.79 Å². The number of hydrogen-bond acceptors (Lipinski definition) is 3. The summed E-state index contributed by atoms with van der Waals surface area (Å²) in [7, 11) is 2.24. The van der Waals surface area contributed by atoms with Crippen LogP contribution < -0.4 is 11.1 Å². The molecule has 0 radical (unpaired) electrons. The van der Waals surface area contributed by atoms with Crippen LogP contribution in [0, 0.1) is 5.92 Å². The molecule has 2 aliphatic heterocycles. The van der Waals surface area contributed by atoms with Gasteiger partial charge in [0.25, 0.3) is 0 Å². The van der Waals surface area contributed by atoms with Crippen LogP contribution in [0.4, 0.5) is 0 Å². The van der Waals surface area contributed by atoms with Gasteiger partial charge in [0.15, 0.2) is 0 Å². The van der Waals surface area contributed by atoms with Crippen LogP contribution in [0.25, 0.3) is 0 Å². The molecule has 2 bridgehead atoms. The number of amides is 1. The minimum atomic E-state index is -0.0383. The molecule has 2 heterocycles. The van der Waals surface area contributed by atoms with Gasteiger partial charge in [0.2, 0.25) is 5.91 Å². The molecule has 3 unspecified atom stereocenters. The van der Waals surface area contributed by atoms with E-state index in [4.69, 9.17) is 5.73 Å². The molecule has 2 rings (SSSR count). The van der Waals surface area contributed by atoms with Crippen molar-refractivity contribution < 1.29 is 4.79 Å². The fourth-order valence-electron chi connectivity index (χ4n) is 3.31. The van der Waals surface area contributed by atoms with E-state index in [0.29, 0.717) is 12.3 Å². The van der Waals surface area contributed by atoms with Gasteiger partial charge in [-0.2, -0.15) is 0 Å². The van der Waals surface area contributed by atoms with E-state index in [-0.39, 0.29) is 11.9 Å². The molecule has 4 nitrogen and oxygen atoms in total. The lowest BCUT2D eigenvalue weighted by Gasteiger charge is -2.36. The molecule has 0 aromatic rings. The van der Waals surface area contributed by atoms with Crippen molar-refractivity contribution >= 4 is 5.91 Å². The highest BCUT2D eigenvalue weighted by Gasteiger charge is 2.38. The zero-order valence-electron chi connectivity index (χ0n) is 11.0. The van der Waals surface area contributed by atoms with Crippen LogP contribution in [-0.4, -0.2) is 42.5 Å². The van der Waals surface area contributed by atoms with Crippen molar-refractivity contribution in [3.63, 3.8) is 0 Å². The van der Waals surface area contributed by atoms with Crippen LogP contribution in [0.3, 0.4) is 0 Å². The maximum atomic E-state index is 11.5. The number of carbonyl (C=O) groups is 1. The van der Waals surface area contributed by atoms with E-state index >= 15 is 0 Å². The summed E-state index contributed by atoms with van der Waals surface area (Å²) in [5.74, 6) is 0.770. The fraction of sp³-hybridized carbons (Fsp3) is 0.923. The molecule has 2 aliphatic rings. The third-order valence-electron chi connectivity index (χ3n) is 4.29. The van der Waals surface area contributed by atoms with E-state index in [0.717, 1.165) is 18.6 Å². The number of fused-ring (bicyclic) bond motifs is 2. The molecule has 0 aromatic carbocycles. The van der Waals surface area contributed by atoms with Gasteiger partial charge in [0.05, 0.1) is 0 Å². The van der Waals surface area contributed by atoms with Crippen molar-refractivity contribution in [2.24, 2.45) is 11.7 Å². The maximum absolute atomic E-state index is 11.5. The predicted octanol–water partition coefficient (Wildman–Crippen LogP) is 0.713. The molecule has 3 N–H and O–H groups in total. The van der Waals surface area contributed by atoms with E-state index in [2.05, 4.69) is 17.3 Å². The highest BCUT2D eigenvalue weighted by Crippen LogP contribution is 2.36. The largest absolute Gasteiger partial charge is 0.356 e. The summed E-state index contributed by atoms with van der Waals surface area (Å²) < 4.78 is 0. The Bertz CT molecular complexity index is 266. The molecule has 3 atom stereocenters. The van der Waals surface area contributed by atoms with Crippen LogP contribution >= 0.6 is 0 Å². The Morgan fingerprint density at radius 3 is 2.53 bits per heavy atom. The first-order valence-corrected chi connectivity index (χ1v) is 6.80. The monoisotopic (exact) mass is 239 g/mol. The van der Waals surface area contributed by atoms with Crippen LogP contribution in [0.5, 0.6) is 0 Å². The third-order valence-corrected chi connectivity index (χ3v) is 4.29. The Kier molecular flexibility index (Phi) is 4.05. The van der Waals surface area contributed by atoms with Crippen molar-refractivity contribution in [3.05, 3.63) is 0 Å². The highest BCUT2D eigenvalue weighted by molar-refractivity contribution is 5.76. The number of hydrogen-bond donors (Lipinski definition) is 2. The molecular formula is C13H25N3O. The Morgan fingerprint density at radius 2 is 2.00 bits per heavy atom. The van der Waals surface area contributed by atoms with Gasteiger partial charge in [-0.15, -0.1) is 0 Å². The third kappa shape index (κ3) is 3.19. The Labute approximate surface area is 104 Å². The molecule has 4 heteroatoms. The second kappa shape index (κ2) is 5.36. The quantitative estimate of drug-likeness (QED) is 0.760. The van der Waals surface area contributed by atoms with Gasteiger partial charge in [-0.1, -0.05) is 0 Å². The number of carbonyl (C=O) groups excluding carboxylic acids is 1. The van der Waals surface area contributed by atoms with Crippen LogP contribution in [0.1, 0.15) is 39.0 Å². The Balaban J connectivity index is 1.73. The van der Waals surface area contributed by atoms with Crippen molar-refractivity contribution in [1.29, 1.82) is 0 Å². The topological polar surface area (TPSA) is 58.4 Å². The van der Waals surface area contributed by atoms with E-state index in [1.807, 2.05) is 6.92 Å². The minimum absolute atomic E-state index is 0.0383. The first kappa shape index (κ1) is 12.8. The average molecular weight is 239 g/mol. The molecule has 98 valence electrons. The molecule has 2 fully saturated rings. The van der Waals surface area contributed by atoms with Crippen molar-refractivity contribution in [1.82, 2.24) is 10.2 Å². The van der Waals surface area contributed by atoms with E-state index in [9.17, 15) is 4.79 Å². The van der Waals surface area contributed by atoms with Crippen LogP contribution in [0.2, 0.25) is 0 Å². The lowest BCUT2D eigenvalue weighted by molar-refractivity contribution is -0.121. The zero-order valence-corrected chi connectivity index (χ0v) is 11.0. The standard InChI is InChI=1S/C13H25N3O/c1-9(14)5-13(17)15-8-10-6-11-3-4-12(7-10)16(11)2/h9-12H,3-8,14H2,1-2H3,(H,15,17). The normalized spacial score (nSPS) is 34.6. The maximum Gasteiger partial charge on any atom is 0.221 e. The molecule has 0 spiro atoms. The molecule has 2 saturated heterocycles. The fourth-order valence-corrected chi connectivity index (χ4v) is 3.31. The summed E-state index contributed by atoms with van der Waals surface area (Å²) >= 11 is 0. The smallest absolute Gasteiger partial charge is 0.221 e. The number of nitrogens with two attached hydrogens (primary N) is 1. The van der Waals surface area contributed by atoms with E-state index < -0.39 is 0 Å².